The molecule has 3 rings (SSSR count). The summed E-state index contributed by atoms with van der Waals surface area (Å²) < 4.78 is 18.8. The fourth-order valence-corrected chi connectivity index (χ4v) is 4.84. The molecule has 2 N–H and O–H groups in total. The molecule has 1 aromatic rings. The molecule has 0 spiro atoms. The average molecular weight is 404 g/mol. The highest BCUT2D eigenvalue weighted by atomic mass is 19.1. The lowest BCUT2D eigenvalue weighted by Crippen LogP contribution is -2.16. The molecule has 29 heavy (non-hydrogen) atoms. The van der Waals surface area contributed by atoms with Gasteiger partial charge in [-0.1, -0.05) is 44.7 Å². The number of allylic oxidation sites excluding steroid dienone is 2. The Labute approximate surface area is 178 Å². The summed E-state index contributed by atoms with van der Waals surface area (Å²) in [5.41, 5.74) is 6.79. The third kappa shape index (κ3) is 8.90. The Morgan fingerprint density at radius 3 is 2.28 bits per heavy atom. The molecule has 0 amide bonds. The van der Waals surface area contributed by atoms with Crippen molar-refractivity contribution in [2.24, 2.45) is 17.6 Å². The second kappa shape index (κ2) is 13.8. The summed E-state index contributed by atoms with van der Waals surface area (Å²) in [5, 5.41) is 0. The van der Waals surface area contributed by atoms with E-state index >= 15 is 0 Å². The monoisotopic (exact) mass is 403 g/mol. The lowest BCUT2D eigenvalue weighted by Gasteiger charge is -2.30. The fourth-order valence-electron chi connectivity index (χ4n) is 4.84. The summed E-state index contributed by atoms with van der Waals surface area (Å²) in [4.78, 5) is 0. The number of hydrogen-bond acceptors (Lipinski definition) is 2. The third-order valence-corrected chi connectivity index (χ3v) is 6.43. The standard InChI is InChI=1S/C19H27FO.C7H15N/c1-3-6-19(21-4-2)14-15-7-5-8-17(13-15)16-9-11-18(20)12-10-16;8-6-7-4-2-1-3-5-7/h6,9-12,15,17H,3-5,7-8,13-14H2,1-2H3;7H,1-6,8H2/b19-6+;. The van der Waals surface area contributed by atoms with Crippen molar-refractivity contribution in [3.8, 4) is 0 Å². The van der Waals surface area contributed by atoms with Crippen LogP contribution in [0.3, 0.4) is 0 Å². The van der Waals surface area contributed by atoms with Gasteiger partial charge in [-0.2, -0.15) is 0 Å². The molecule has 0 heterocycles. The molecule has 3 heteroatoms. The molecule has 164 valence electrons. The maximum Gasteiger partial charge on any atom is 0.123 e. The second-order valence-corrected chi connectivity index (χ2v) is 8.74. The zero-order chi connectivity index (χ0) is 20.9. The molecule has 2 saturated carbocycles. The van der Waals surface area contributed by atoms with Gasteiger partial charge in [0.1, 0.15) is 5.82 Å². The van der Waals surface area contributed by atoms with Gasteiger partial charge in [0.15, 0.2) is 0 Å². The highest BCUT2D eigenvalue weighted by Gasteiger charge is 2.24. The van der Waals surface area contributed by atoms with Gasteiger partial charge in [0.05, 0.1) is 12.4 Å². The van der Waals surface area contributed by atoms with Crippen molar-refractivity contribution in [1.82, 2.24) is 0 Å². The minimum absolute atomic E-state index is 0.143. The van der Waals surface area contributed by atoms with E-state index in [1.165, 1.54) is 63.4 Å². The van der Waals surface area contributed by atoms with Crippen LogP contribution < -0.4 is 5.73 Å². The van der Waals surface area contributed by atoms with Gasteiger partial charge >= 0.3 is 0 Å². The van der Waals surface area contributed by atoms with Crippen molar-refractivity contribution in [2.45, 2.75) is 90.4 Å². The smallest absolute Gasteiger partial charge is 0.123 e. The fraction of sp³-hybridized carbons (Fsp3) is 0.692. The highest BCUT2D eigenvalue weighted by Crippen LogP contribution is 2.39. The first-order chi connectivity index (χ1) is 14.2. The highest BCUT2D eigenvalue weighted by molar-refractivity contribution is 5.21. The van der Waals surface area contributed by atoms with Crippen LogP contribution in [0, 0.1) is 17.7 Å². The minimum Gasteiger partial charge on any atom is -0.499 e. The van der Waals surface area contributed by atoms with Gasteiger partial charge in [-0.25, -0.2) is 4.39 Å². The van der Waals surface area contributed by atoms with Gasteiger partial charge in [-0.3, -0.25) is 0 Å². The van der Waals surface area contributed by atoms with Crippen molar-refractivity contribution in [3.05, 3.63) is 47.5 Å². The predicted molar refractivity (Wildman–Crippen MR) is 121 cm³/mol. The molecular formula is C26H42FNO. The van der Waals surface area contributed by atoms with Gasteiger partial charge in [0.2, 0.25) is 0 Å². The Morgan fingerprint density at radius 1 is 1.00 bits per heavy atom. The van der Waals surface area contributed by atoms with Crippen molar-refractivity contribution in [1.29, 1.82) is 0 Å². The summed E-state index contributed by atoms with van der Waals surface area (Å²) in [6.45, 7) is 5.87. The number of nitrogens with two attached hydrogens (primary N) is 1. The SMILES string of the molecule is CC/C=C(\CC1CCCC(c2ccc(F)cc2)C1)OCC.NCC1CCCCC1. The normalized spacial score (nSPS) is 23.2. The number of hydrogen-bond donors (Lipinski definition) is 1. The third-order valence-electron chi connectivity index (χ3n) is 6.43. The zero-order valence-corrected chi connectivity index (χ0v) is 18.7. The first-order valence-corrected chi connectivity index (χ1v) is 11.9. The van der Waals surface area contributed by atoms with E-state index in [1.807, 2.05) is 19.1 Å². The van der Waals surface area contributed by atoms with Crippen LogP contribution in [0.5, 0.6) is 0 Å². The van der Waals surface area contributed by atoms with Crippen molar-refractivity contribution in [3.63, 3.8) is 0 Å². The second-order valence-electron chi connectivity index (χ2n) is 8.74. The maximum atomic E-state index is 13.0. The number of ether oxygens (including phenoxy) is 1. The molecule has 2 aliphatic carbocycles. The van der Waals surface area contributed by atoms with Crippen LogP contribution in [0.25, 0.3) is 0 Å². The molecule has 2 fully saturated rings. The van der Waals surface area contributed by atoms with Crippen LogP contribution in [-0.2, 0) is 4.74 Å². The quantitative estimate of drug-likeness (QED) is 0.483. The first-order valence-electron chi connectivity index (χ1n) is 11.9. The van der Waals surface area contributed by atoms with E-state index in [9.17, 15) is 4.39 Å². The van der Waals surface area contributed by atoms with E-state index in [-0.39, 0.29) is 5.82 Å². The summed E-state index contributed by atoms with van der Waals surface area (Å²) in [6.07, 6.45) is 16.3. The van der Waals surface area contributed by atoms with Crippen LogP contribution in [0.1, 0.15) is 96.0 Å². The summed E-state index contributed by atoms with van der Waals surface area (Å²) in [5.74, 6) is 3.15. The first kappa shape index (κ1) is 23.9. The Morgan fingerprint density at radius 2 is 1.69 bits per heavy atom. The van der Waals surface area contributed by atoms with Crippen molar-refractivity contribution in [2.75, 3.05) is 13.2 Å². The van der Waals surface area contributed by atoms with Crippen LogP contribution in [-0.4, -0.2) is 13.2 Å². The van der Waals surface area contributed by atoms with Crippen LogP contribution in [0.2, 0.25) is 0 Å². The molecule has 2 aliphatic rings. The maximum absolute atomic E-state index is 13.0. The molecule has 2 unspecified atom stereocenters. The van der Waals surface area contributed by atoms with E-state index in [1.54, 1.807) is 12.1 Å². The van der Waals surface area contributed by atoms with E-state index in [2.05, 4.69) is 13.0 Å². The van der Waals surface area contributed by atoms with Crippen LogP contribution >= 0.6 is 0 Å². The van der Waals surface area contributed by atoms with Gasteiger partial charge in [0.25, 0.3) is 0 Å². The van der Waals surface area contributed by atoms with Crippen LogP contribution in [0.4, 0.5) is 4.39 Å². The average Bonchev–Trinajstić information content (AvgIpc) is 2.76. The van der Waals surface area contributed by atoms with E-state index in [0.29, 0.717) is 11.8 Å². The molecule has 0 aromatic heterocycles. The van der Waals surface area contributed by atoms with Gasteiger partial charge in [-0.05, 0) is 93.5 Å². The van der Waals surface area contributed by atoms with Gasteiger partial charge in [0, 0.05) is 6.42 Å². The number of rotatable bonds is 7. The van der Waals surface area contributed by atoms with E-state index in [4.69, 9.17) is 10.5 Å². The molecular weight excluding hydrogens is 361 g/mol. The molecule has 1 aromatic carbocycles. The molecule has 2 nitrogen and oxygen atoms in total. The number of benzene rings is 1. The molecule has 0 bridgehead atoms. The Kier molecular flexibility index (Phi) is 11.4. The predicted octanol–water partition coefficient (Wildman–Crippen LogP) is 7.35. The van der Waals surface area contributed by atoms with Crippen LogP contribution in [0.15, 0.2) is 36.1 Å². The molecule has 2 atom stereocenters. The number of halogens is 1. The Bertz CT molecular complexity index is 577. The summed E-state index contributed by atoms with van der Waals surface area (Å²) in [7, 11) is 0. The zero-order valence-electron chi connectivity index (χ0n) is 18.7. The Balaban J connectivity index is 0.000000313. The minimum atomic E-state index is -0.143. The topological polar surface area (TPSA) is 35.2 Å². The molecule has 0 saturated heterocycles. The lowest BCUT2D eigenvalue weighted by molar-refractivity contribution is 0.191. The van der Waals surface area contributed by atoms with Crippen molar-refractivity contribution < 1.29 is 9.13 Å². The summed E-state index contributed by atoms with van der Waals surface area (Å²) >= 11 is 0. The Hall–Kier alpha value is -1.35. The summed E-state index contributed by atoms with van der Waals surface area (Å²) in [6, 6.07) is 7.07. The molecule has 0 radical (unpaired) electrons. The molecule has 0 aliphatic heterocycles. The lowest BCUT2D eigenvalue weighted by atomic mass is 9.76. The van der Waals surface area contributed by atoms with Gasteiger partial charge in [-0.15, -0.1) is 0 Å². The van der Waals surface area contributed by atoms with Gasteiger partial charge < -0.3 is 10.5 Å². The van der Waals surface area contributed by atoms with E-state index in [0.717, 1.165) is 37.7 Å². The largest absolute Gasteiger partial charge is 0.499 e. The van der Waals surface area contributed by atoms with Crippen molar-refractivity contribution >= 4 is 0 Å². The van der Waals surface area contributed by atoms with E-state index < -0.39 is 0 Å².